The van der Waals surface area contributed by atoms with Crippen molar-refractivity contribution < 1.29 is 0 Å². The Hall–Kier alpha value is -1.97. The lowest BCUT2D eigenvalue weighted by Crippen LogP contribution is -2.39. The van der Waals surface area contributed by atoms with Gasteiger partial charge in [0.1, 0.15) is 0 Å². The van der Waals surface area contributed by atoms with Crippen molar-refractivity contribution in [2.45, 2.75) is 128 Å². The van der Waals surface area contributed by atoms with Gasteiger partial charge in [0, 0.05) is 31.2 Å². The predicted octanol–water partition coefficient (Wildman–Crippen LogP) is 5.95. The van der Waals surface area contributed by atoms with E-state index in [1.54, 1.807) is 0 Å². The number of hydrogen-bond donors (Lipinski definition) is 3. The summed E-state index contributed by atoms with van der Waals surface area (Å²) in [7, 11) is 0. The molecule has 3 heterocycles. The number of aromatic nitrogens is 4. The van der Waals surface area contributed by atoms with Crippen molar-refractivity contribution in [1.82, 2.24) is 29.4 Å². The van der Waals surface area contributed by atoms with Crippen LogP contribution in [-0.4, -0.2) is 74.2 Å². The summed E-state index contributed by atoms with van der Waals surface area (Å²) >= 11 is 0. The van der Waals surface area contributed by atoms with Gasteiger partial charge in [-0.05, 0) is 96.2 Å². The molecule has 2 saturated carbocycles. The lowest BCUT2D eigenvalue weighted by atomic mass is 9.92. The second kappa shape index (κ2) is 14.8. The highest BCUT2D eigenvalue weighted by Crippen LogP contribution is 2.34. The monoisotopic (exact) mass is 553 g/mol. The molecular weight excluding hydrogens is 498 g/mol. The summed E-state index contributed by atoms with van der Waals surface area (Å²) in [5.41, 5.74) is 11.7. The number of rotatable bonds is 14. The third-order valence-electron chi connectivity index (χ3n) is 9.63. The number of nitrogens with one attached hydrogen (secondary N) is 2. The molecule has 0 amide bonds. The van der Waals surface area contributed by atoms with Crippen LogP contribution in [0.1, 0.15) is 116 Å². The molecule has 40 heavy (non-hydrogen) atoms. The first-order valence-corrected chi connectivity index (χ1v) is 16.6. The van der Waals surface area contributed by atoms with Gasteiger partial charge in [-0.3, -0.25) is 0 Å². The summed E-state index contributed by atoms with van der Waals surface area (Å²) in [6.45, 7) is 10.5. The van der Waals surface area contributed by atoms with Crippen molar-refractivity contribution >= 4 is 22.9 Å². The summed E-state index contributed by atoms with van der Waals surface area (Å²) in [4.78, 5) is 17.6. The Morgan fingerprint density at radius 3 is 2.27 bits per heavy atom. The van der Waals surface area contributed by atoms with Crippen LogP contribution in [0.25, 0.3) is 11.2 Å². The van der Waals surface area contributed by atoms with Crippen LogP contribution in [-0.2, 0) is 0 Å². The van der Waals surface area contributed by atoms with Crippen molar-refractivity contribution in [3.05, 3.63) is 6.33 Å². The predicted molar refractivity (Wildman–Crippen MR) is 165 cm³/mol. The zero-order valence-corrected chi connectivity index (χ0v) is 25.3. The number of hydrogen-bond acceptors (Lipinski definition) is 8. The van der Waals surface area contributed by atoms with Crippen molar-refractivity contribution in [2.75, 3.05) is 43.5 Å². The van der Waals surface area contributed by atoms with Gasteiger partial charge < -0.3 is 25.9 Å². The molecule has 9 nitrogen and oxygen atoms in total. The zero-order valence-electron chi connectivity index (χ0n) is 25.3. The summed E-state index contributed by atoms with van der Waals surface area (Å²) < 4.78 is 2.31. The van der Waals surface area contributed by atoms with Gasteiger partial charge in [0.2, 0.25) is 5.95 Å². The van der Waals surface area contributed by atoms with E-state index in [4.69, 9.17) is 20.7 Å². The minimum atomic E-state index is 0.334. The number of hydrazine groups is 1. The minimum absolute atomic E-state index is 0.334. The first-order chi connectivity index (χ1) is 19.6. The largest absolute Gasteiger partial charge is 0.351 e. The van der Waals surface area contributed by atoms with E-state index in [0.717, 1.165) is 67.6 Å². The molecule has 0 spiro atoms. The van der Waals surface area contributed by atoms with E-state index in [2.05, 4.69) is 39.1 Å². The van der Waals surface area contributed by atoms with E-state index in [9.17, 15) is 0 Å². The maximum Gasteiger partial charge on any atom is 0.227 e. The van der Waals surface area contributed by atoms with Crippen molar-refractivity contribution in [3.8, 4) is 0 Å². The molecule has 224 valence electrons. The number of unbranched alkanes of at least 4 members (excludes halogenated alkanes) is 2. The van der Waals surface area contributed by atoms with Gasteiger partial charge >= 0.3 is 0 Å². The Kier molecular flexibility index (Phi) is 10.9. The molecule has 3 fully saturated rings. The van der Waals surface area contributed by atoms with Crippen LogP contribution in [0.2, 0.25) is 0 Å². The fourth-order valence-corrected chi connectivity index (χ4v) is 6.90. The standard InChI is InChI=1S/C31H55N9/c1-3-5-18-38(19-6-4-2)20-15-24-16-21-39(22-17-24)37-29-28-30(40(23-33-28)27-9-7-8-10-27)36-31(35-29)34-26-13-11-25(32)12-14-26/h23-27H,3-22,32H2,1-2H3,(H2,34,35,36,37)/t25-,26-. The van der Waals surface area contributed by atoms with Crippen LogP contribution in [0.5, 0.6) is 0 Å². The Morgan fingerprint density at radius 2 is 1.60 bits per heavy atom. The number of anilines is 2. The molecule has 1 aliphatic heterocycles. The number of imidazole rings is 1. The van der Waals surface area contributed by atoms with Crippen molar-refractivity contribution in [2.24, 2.45) is 11.7 Å². The van der Waals surface area contributed by atoms with E-state index >= 15 is 0 Å². The lowest BCUT2D eigenvalue weighted by Gasteiger charge is -2.33. The summed E-state index contributed by atoms with van der Waals surface area (Å²) in [5, 5.41) is 6.02. The van der Waals surface area contributed by atoms with Gasteiger partial charge in [-0.25, -0.2) is 9.99 Å². The van der Waals surface area contributed by atoms with E-state index in [0.29, 0.717) is 18.1 Å². The van der Waals surface area contributed by atoms with E-state index in [1.165, 1.54) is 90.3 Å². The molecule has 0 unspecified atom stereocenters. The van der Waals surface area contributed by atoms with Crippen LogP contribution >= 0.6 is 0 Å². The molecule has 0 bridgehead atoms. The van der Waals surface area contributed by atoms with E-state index in [1.807, 2.05) is 6.33 Å². The maximum atomic E-state index is 6.16. The first kappa shape index (κ1) is 29.5. The highest BCUT2D eigenvalue weighted by atomic mass is 15.5. The number of nitrogens with zero attached hydrogens (tertiary/aromatic N) is 6. The van der Waals surface area contributed by atoms with Crippen LogP contribution in [0.3, 0.4) is 0 Å². The maximum absolute atomic E-state index is 6.16. The Morgan fingerprint density at radius 1 is 0.900 bits per heavy atom. The highest BCUT2D eigenvalue weighted by Gasteiger charge is 2.26. The second-order valence-corrected chi connectivity index (χ2v) is 12.8. The Balaban J connectivity index is 1.22. The van der Waals surface area contributed by atoms with Crippen LogP contribution in [0.4, 0.5) is 11.8 Å². The Bertz CT molecular complexity index is 1010. The fourth-order valence-electron chi connectivity index (χ4n) is 6.90. The third-order valence-corrected chi connectivity index (χ3v) is 9.63. The van der Waals surface area contributed by atoms with Crippen LogP contribution in [0.15, 0.2) is 6.33 Å². The number of nitrogens with two attached hydrogens (primary N) is 1. The molecule has 1 saturated heterocycles. The summed E-state index contributed by atoms with van der Waals surface area (Å²) in [6.07, 6.45) is 20.3. The van der Waals surface area contributed by atoms with Gasteiger partial charge in [0.25, 0.3) is 0 Å². The van der Waals surface area contributed by atoms with Gasteiger partial charge in [0.15, 0.2) is 17.0 Å². The summed E-state index contributed by atoms with van der Waals surface area (Å²) in [5.74, 6) is 2.38. The average molecular weight is 554 g/mol. The Labute approximate surface area is 242 Å². The van der Waals surface area contributed by atoms with Gasteiger partial charge in [0.05, 0.1) is 6.33 Å². The van der Waals surface area contributed by atoms with Crippen LogP contribution < -0.4 is 16.5 Å². The zero-order chi connectivity index (χ0) is 27.7. The second-order valence-electron chi connectivity index (χ2n) is 12.8. The molecule has 2 aliphatic carbocycles. The highest BCUT2D eigenvalue weighted by molar-refractivity contribution is 5.84. The number of fused-ring (bicyclic) bond motifs is 1. The smallest absolute Gasteiger partial charge is 0.227 e. The average Bonchev–Trinajstić information content (AvgIpc) is 3.65. The lowest BCUT2D eigenvalue weighted by molar-refractivity contribution is 0.182. The van der Waals surface area contributed by atoms with Crippen LogP contribution in [0, 0.1) is 5.92 Å². The topological polar surface area (TPSA) is 100 Å². The minimum Gasteiger partial charge on any atom is -0.351 e. The quantitative estimate of drug-likeness (QED) is 0.264. The molecule has 2 aromatic heterocycles. The third kappa shape index (κ3) is 7.85. The molecule has 2 aromatic rings. The normalized spacial score (nSPS) is 23.4. The molecule has 0 atom stereocenters. The summed E-state index contributed by atoms with van der Waals surface area (Å²) in [6, 6.07) is 1.22. The first-order valence-electron chi connectivity index (χ1n) is 16.6. The SMILES string of the molecule is CCCCN(CCCC)CCC1CCN(Nc2nc(N[C@H]3CC[C@H](N)CC3)nc3c2ncn3C2CCCC2)CC1. The molecule has 9 heteroatoms. The fraction of sp³-hybridized carbons (Fsp3) is 0.839. The number of piperidine rings is 1. The molecule has 3 aliphatic rings. The van der Waals surface area contributed by atoms with E-state index in [-0.39, 0.29) is 0 Å². The molecule has 0 radical (unpaired) electrons. The van der Waals surface area contributed by atoms with E-state index < -0.39 is 0 Å². The van der Waals surface area contributed by atoms with Gasteiger partial charge in [-0.2, -0.15) is 9.97 Å². The van der Waals surface area contributed by atoms with Gasteiger partial charge in [-0.15, -0.1) is 0 Å². The molecule has 0 aromatic carbocycles. The molecule has 4 N–H and O–H groups in total. The van der Waals surface area contributed by atoms with Crippen molar-refractivity contribution in [1.29, 1.82) is 0 Å². The molecular formula is C31H55N9. The van der Waals surface area contributed by atoms with Crippen molar-refractivity contribution in [3.63, 3.8) is 0 Å². The van der Waals surface area contributed by atoms with Gasteiger partial charge in [-0.1, -0.05) is 39.5 Å². The molecule has 5 rings (SSSR count).